The van der Waals surface area contributed by atoms with E-state index >= 15 is 8.78 Å². The summed E-state index contributed by atoms with van der Waals surface area (Å²) < 4.78 is 73.0. The van der Waals surface area contributed by atoms with Crippen LogP contribution in [0, 0.1) is 17.0 Å². The number of hydrogen-bond donors (Lipinski definition) is 1. The van der Waals surface area contributed by atoms with Crippen LogP contribution in [0.15, 0.2) is 60.7 Å². The first-order valence-electron chi connectivity index (χ1n) is 16.5. The number of alkyl halides is 2. The number of ether oxygens (including phenoxy) is 2. The predicted octanol–water partition coefficient (Wildman–Crippen LogP) is 8.62. The fourth-order valence-electron chi connectivity index (χ4n) is 7.81. The number of fused-ring (bicyclic) bond motifs is 1. The third-order valence-corrected chi connectivity index (χ3v) is 9.82. The number of nitrogens with zero attached hydrogens (tertiary/aromatic N) is 1. The maximum Gasteiger partial charge on any atom is 0.257 e. The number of nitrogens with one attached hydrogen (secondary N) is 1. The highest BCUT2D eigenvalue weighted by atomic mass is 19.3. The van der Waals surface area contributed by atoms with E-state index < -0.39 is 30.1 Å². The molecule has 0 bridgehead atoms. The smallest absolute Gasteiger partial charge is 0.257 e. The zero-order valence-corrected chi connectivity index (χ0v) is 26.1. The maximum atomic E-state index is 16.0. The molecule has 2 aliphatic heterocycles. The lowest BCUT2D eigenvalue weighted by molar-refractivity contribution is -0.0246. The fraction of sp³-hybridized carbons (Fsp3) is 0.514. The second kappa shape index (κ2) is 13.7. The lowest BCUT2D eigenvalue weighted by Gasteiger charge is -2.42. The highest BCUT2D eigenvalue weighted by Crippen LogP contribution is 2.46. The van der Waals surface area contributed by atoms with Crippen molar-refractivity contribution in [1.29, 1.82) is 0 Å². The number of rotatable bonds is 8. The Morgan fingerprint density at radius 2 is 1.62 bits per heavy atom. The molecule has 0 aromatic heterocycles. The molecule has 1 saturated carbocycles. The summed E-state index contributed by atoms with van der Waals surface area (Å²) in [6.45, 7) is 2.89. The SMILES string of the molecule is CC(F)(F)CN1CCc2cc(OCc3ccccc3)ccc2C1c1c(F)cc(OC2CCCC3(CCCNCCC3)C2)cc1F. The summed E-state index contributed by atoms with van der Waals surface area (Å²) in [6.07, 6.45) is 8.85. The van der Waals surface area contributed by atoms with Gasteiger partial charge in [0.05, 0.1) is 18.7 Å². The zero-order valence-electron chi connectivity index (χ0n) is 26.1. The molecule has 242 valence electrons. The standard InChI is InChI=1S/C37H44F4N2O2/c1-36(40,41)25-43-19-13-27-20-28(44-24-26-8-3-2-4-9-26)11-12-31(27)35(43)34-32(38)21-30(22-33(34)39)45-29-10-5-14-37(23-29)15-6-17-42-18-7-16-37/h2-4,8-9,11-12,20-22,29,35,42H,5-7,10,13-19,23-25H2,1H3. The molecule has 4 nitrogen and oxygen atoms in total. The van der Waals surface area contributed by atoms with Crippen molar-refractivity contribution in [3.63, 3.8) is 0 Å². The van der Waals surface area contributed by atoms with E-state index in [1.165, 1.54) is 23.5 Å². The molecule has 2 fully saturated rings. The van der Waals surface area contributed by atoms with Crippen molar-refractivity contribution in [2.75, 3.05) is 26.2 Å². The number of halogens is 4. The average Bonchev–Trinajstić information content (AvgIpc) is 2.99. The minimum atomic E-state index is -3.03. The molecule has 3 aromatic rings. The lowest BCUT2D eigenvalue weighted by atomic mass is 9.67. The summed E-state index contributed by atoms with van der Waals surface area (Å²) in [5.74, 6) is -3.80. The molecule has 45 heavy (non-hydrogen) atoms. The Morgan fingerprint density at radius 1 is 0.911 bits per heavy atom. The third-order valence-electron chi connectivity index (χ3n) is 9.82. The second-order valence-corrected chi connectivity index (χ2v) is 13.4. The Morgan fingerprint density at radius 3 is 2.33 bits per heavy atom. The first kappa shape index (κ1) is 31.9. The lowest BCUT2D eigenvalue weighted by Crippen LogP contribution is -2.43. The summed E-state index contributed by atoms with van der Waals surface area (Å²) >= 11 is 0. The van der Waals surface area contributed by atoms with Crippen LogP contribution >= 0.6 is 0 Å². The number of hydrogen-bond acceptors (Lipinski definition) is 4. The number of benzene rings is 3. The minimum absolute atomic E-state index is 0.101. The summed E-state index contributed by atoms with van der Waals surface area (Å²) in [5.41, 5.74) is 2.46. The van der Waals surface area contributed by atoms with Crippen molar-refractivity contribution < 1.29 is 27.0 Å². The van der Waals surface area contributed by atoms with Gasteiger partial charge in [-0.25, -0.2) is 17.6 Å². The van der Waals surface area contributed by atoms with Crippen molar-refractivity contribution in [3.05, 3.63) is 94.6 Å². The van der Waals surface area contributed by atoms with Crippen LogP contribution in [0.2, 0.25) is 0 Å². The van der Waals surface area contributed by atoms with Crippen LogP contribution < -0.4 is 14.8 Å². The van der Waals surface area contributed by atoms with Crippen molar-refractivity contribution in [1.82, 2.24) is 10.2 Å². The molecular formula is C37H44F4N2O2. The van der Waals surface area contributed by atoms with Gasteiger partial charge < -0.3 is 14.8 Å². The minimum Gasteiger partial charge on any atom is -0.490 e. The van der Waals surface area contributed by atoms with Gasteiger partial charge in [0.1, 0.15) is 29.7 Å². The molecule has 1 saturated heterocycles. The van der Waals surface area contributed by atoms with Gasteiger partial charge >= 0.3 is 0 Å². The van der Waals surface area contributed by atoms with Crippen LogP contribution in [-0.4, -0.2) is 43.1 Å². The molecule has 1 N–H and O–H groups in total. The normalized spacial score (nSPS) is 22.3. The molecule has 3 aromatic carbocycles. The van der Waals surface area contributed by atoms with Gasteiger partial charge in [0.15, 0.2) is 0 Å². The highest BCUT2D eigenvalue weighted by molar-refractivity contribution is 5.46. The monoisotopic (exact) mass is 624 g/mol. The molecule has 6 rings (SSSR count). The van der Waals surface area contributed by atoms with Crippen LogP contribution in [0.5, 0.6) is 11.5 Å². The van der Waals surface area contributed by atoms with Gasteiger partial charge in [-0.2, -0.15) is 0 Å². The predicted molar refractivity (Wildman–Crippen MR) is 168 cm³/mol. The first-order chi connectivity index (χ1) is 21.7. The molecular weight excluding hydrogens is 580 g/mol. The topological polar surface area (TPSA) is 33.7 Å². The van der Waals surface area contributed by atoms with E-state index in [1.807, 2.05) is 36.4 Å². The molecule has 1 aliphatic carbocycles. The van der Waals surface area contributed by atoms with Crippen LogP contribution in [0.3, 0.4) is 0 Å². The summed E-state index contributed by atoms with van der Waals surface area (Å²) in [7, 11) is 0. The van der Waals surface area contributed by atoms with Gasteiger partial charge in [-0.05, 0) is 105 Å². The Labute approximate surface area is 264 Å². The van der Waals surface area contributed by atoms with Crippen molar-refractivity contribution in [2.24, 2.45) is 5.41 Å². The molecule has 2 heterocycles. The van der Waals surface area contributed by atoms with E-state index in [9.17, 15) is 8.78 Å². The zero-order chi connectivity index (χ0) is 31.4. The molecule has 2 atom stereocenters. The largest absolute Gasteiger partial charge is 0.490 e. The van der Waals surface area contributed by atoms with Gasteiger partial charge in [0.2, 0.25) is 0 Å². The van der Waals surface area contributed by atoms with Gasteiger partial charge in [0, 0.05) is 31.2 Å². The summed E-state index contributed by atoms with van der Waals surface area (Å²) in [4.78, 5) is 1.49. The van der Waals surface area contributed by atoms with Gasteiger partial charge in [-0.3, -0.25) is 4.90 Å². The quantitative estimate of drug-likeness (QED) is 0.255. The highest BCUT2D eigenvalue weighted by Gasteiger charge is 2.39. The summed E-state index contributed by atoms with van der Waals surface area (Å²) in [6, 6.07) is 16.6. The van der Waals surface area contributed by atoms with Crippen LogP contribution in [0.4, 0.5) is 17.6 Å². The molecule has 0 radical (unpaired) electrons. The Bertz CT molecular complexity index is 1410. The van der Waals surface area contributed by atoms with Gasteiger partial charge in [0.25, 0.3) is 5.92 Å². The van der Waals surface area contributed by atoms with E-state index in [2.05, 4.69) is 5.32 Å². The van der Waals surface area contributed by atoms with E-state index in [4.69, 9.17) is 9.47 Å². The van der Waals surface area contributed by atoms with Crippen LogP contribution in [-0.2, 0) is 13.0 Å². The molecule has 3 aliphatic rings. The van der Waals surface area contributed by atoms with E-state index in [0.29, 0.717) is 24.3 Å². The van der Waals surface area contributed by atoms with E-state index in [0.717, 1.165) is 76.1 Å². The van der Waals surface area contributed by atoms with Crippen molar-refractivity contribution in [3.8, 4) is 11.5 Å². The first-order valence-corrected chi connectivity index (χ1v) is 16.5. The molecule has 8 heteroatoms. The van der Waals surface area contributed by atoms with Crippen LogP contribution in [0.1, 0.15) is 86.6 Å². The molecule has 2 unspecified atom stereocenters. The van der Waals surface area contributed by atoms with E-state index in [1.54, 1.807) is 12.1 Å². The Kier molecular flexibility index (Phi) is 9.71. The van der Waals surface area contributed by atoms with Gasteiger partial charge in [-0.1, -0.05) is 36.4 Å². The average molecular weight is 625 g/mol. The Hall–Kier alpha value is -3.10. The third kappa shape index (κ3) is 7.83. The molecule has 1 spiro atoms. The van der Waals surface area contributed by atoms with E-state index in [-0.39, 0.29) is 29.4 Å². The fourth-order valence-corrected chi connectivity index (χ4v) is 7.81. The molecule has 0 amide bonds. The second-order valence-electron chi connectivity index (χ2n) is 13.4. The van der Waals surface area contributed by atoms with Gasteiger partial charge in [-0.15, -0.1) is 0 Å². The summed E-state index contributed by atoms with van der Waals surface area (Å²) in [5, 5.41) is 3.48. The van der Waals surface area contributed by atoms with Crippen LogP contribution in [0.25, 0.3) is 0 Å². The van der Waals surface area contributed by atoms with Crippen molar-refractivity contribution >= 4 is 0 Å². The van der Waals surface area contributed by atoms with Crippen molar-refractivity contribution in [2.45, 2.75) is 89.4 Å². The Balaban J connectivity index is 1.25. The maximum absolute atomic E-state index is 16.0.